The normalized spacial score (nSPS) is 10.2. The molecule has 0 bridgehead atoms. The Morgan fingerprint density at radius 1 is 0.964 bits per heavy atom. The number of esters is 1. The van der Waals surface area contributed by atoms with Gasteiger partial charge in [-0.2, -0.15) is 0 Å². The summed E-state index contributed by atoms with van der Waals surface area (Å²) in [7, 11) is 1.29. The highest BCUT2D eigenvalue weighted by molar-refractivity contribution is 6.07. The molecule has 3 aromatic rings. The maximum absolute atomic E-state index is 12.6. The van der Waals surface area contributed by atoms with E-state index in [1.165, 1.54) is 13.4 Å². The molecule has 0 saturated heterocycles. The molecule has 2 aromatic carbocycles. The second kappa shape index (κ2) is 8.30. The number of aryl methyl sites for hydroxylation is 2. The molecule has 0 radical (unpaired) electrons. The van der Waals surface area contributed by atoms with Gasteiger partial charge in [-0.3, -0.25) is 4.79 Å². The highest BCUT2D eigenvalue weighted by Crippen LogP contribution is 2.21. The third-order valence-electron chi connectivity index (χ3n) is 4.14. The van der Waals surface area contributed by atoms with Crippen LogP contribution in [-0.4, -0.2) is 29.0 Å². The molecule has 3 rings (SSSR count). The summed E-state index contributed by atoms with van der Waals surface area (Å²) in [6.07, 6.45) is 1.31. The first-order chi connectivity index (χ1) is 13.5. The number of ether oxygens (including phenoxy) is 1. The summed E-state index contributed by atoms with van der Waals surface area (Å²) < 4.78 is 4.74. The molecule has 0 fully saturated rings. The molecule has 1 heterocycles. The fourth-order valence-corrected chi connectivity index (χ4v) is 2.62. The fourth-order valence-electron chi connectivity index (χ4n) is 2.62. The number of carbonyl (C=O) groups excluding carboxylic acids is 2. The van der Waals surface area contributed by atoms with Gasteiger partial charge in [0.05, 0.1) is 18.4 Å². The Morgan fingerprint density at radius 3 is 2.54 bits per heavy atom. The average molecular weight is 376 g/mol. The second-order valence-corrected chi connectivity index (χ2v) is 6.22. The highest BCUT2D eigenvalue weighted by Gasteiger charge is 2.15. The Morgan fingerprint density at radius 2 is 1.75 bits per heavy atom. The number of para-hydroxylation sites is 1. The van der Waals surface area contributed by atoms with E-state index in [1.807, 2.05) is 32.0 Å². The smallest absolute Gasteiger partial charge is 0.339 e. The van der Waals surface area contributed by atoms with Gasteiger partial charge in [0.15, 0.2) is 0 Å². The molecule has 1 amide bonds. The highest BCUT2D eigenvalue weighted by atomic mass is 16.5. The second-order valence-electron chi connectivity index (χ2n) is 6.22. The molecular formula is C21H20N4O3. The molecule has 0 aliphatic carbocycles. The van der Waals surface area contributed by atoms with E-state index in [0.29, 0.717) is 11.5 Å². The van der Waals surface area contributed by atoms with Gasteiger partial charge in [0, 0.05) is 11.8 Å². The lowest BCUT2D eigenvalue weighted by atomic mass is 10.1. The van der Waals surface area contributed by atoms with Gasteiger partial charge in [0.25, 0.3) is 5.91 Å². The van der Waals surface area contributed by atoms with Gasteiger partial charge in [-0.05, 0) is 43.2 Å². The minimum atomic E-state index is -0.532. The largest absolute Gasteiger partial charge is 0.465 e. The first kappa shape index (κ1) is 19.0. The zero-order valence-corrected chi connectivity index (χ0v) is 15.8. The summed E-state index contributed by atoms with van der Waals surface area (Å²) in [4.78, 5) is 32.7. The van der Waals surface area contributed by atoms with Crippen molar-refractivity contribution in [2.75, 3.05) is 17.7 Å². The number of benzene rings is 2. The van der Waals surface area contributed by atoms with Crippen molar-refractivity contribution in [3.8, 4) is 0 Å². The van der Waals surface area contributed by atoms with Crippen LogP contribution >= 0.6 is 0 Å². The molecule has 142 valence electrons. The number of aromatic nitrogens is 2. The number of anilines is 3. The van der Waals surface area contributed by atoms with Crippen molar-refractivity contribution < 1.29 is 14.3 Å². The van der Waals surface area contributed by atoms with Crippen LogP contribution in [0.2, 0.25) is 0 Å². The van der Waals surface area contributed by atoms with Crippen molar-refractivity contribution in [1.29, 1.82) is 0 Å². The van der Waals surface area contributed by atoms with Crippen LogP contribution in [0.4, 0.5) is 17.2 Å². The predicted molar refractivity (Wildman–Crippen MR) is 107 cm³/mol. The molecule has 7 nitrogen and oxygen atoms in total. The Labute approximate surface area is 162 Å². The van der Waals surface area contributed by atoms with Crippen LogP contribution < -0.4 is 10.6 Å². The minimum Gasteiger partial charge on any atom is -0.465 e. The number of amides is 1. The van der Waals surface area contributed by atoms with E-state index in [0.717, 1.165) is 16.8 Å². The van der Waals surface area contributed by atoms with E-state index in [9.17, 15) is 9.59 Å². The third kappa shape index (κ3) is 4.32. The monoisotopic (exact) mass is 376 g/mol. The quantitative estimate of drug-likeness (QED) is 0.657. The van der Waals surface area contributed by atoms with Crippen molar-refractivity contribution in [2.24, 2.45) is 0 Å². The maximum Gasteiger partial charge on any atom is 0.339 e. The molecular weight excluding hydrogens is 356 g/mol. The van der Waals surface area contributed by atoms with Gasteiger partial charge in [-0.15, -0.1) is 0 Å². The number of hydrogen-bond acceptors (Lipinski definition) is 6. The van der Waals surface area contributed by atoms with Gasteiger partial charge in [-0.1, -0.05) is 24.3 Å². The van der Waals surface area contributed by atoms with E-state index in [-0.39, 0.29) is 11.3 Å². The van der Waals surface area contributed by atoms with Gasteiger partial charge in [0.2, 0.25) is 0 Å². The molecule has 0 aliphatic heterocycles. The molecule has 28 heavy (non-hydrogen) atoms. The van der Waals surface area contributed by atoms with E-state index < -0.39 is 11.9 Å². The van der Waals surface area contributed by atoms with Crippen molar-refractivity contribution >= 4 is 29.1 Å². The van der Waals surface area contributed by atoms with Crippen LogP contribution in [0.3, 0.4) is 0 Å². The Bertz CT molecular complexity index is 1030. The summed E-state index contributed by atoms with van der Waals surface area (Å²) in [5.41, 5.74) is 3.86. The van der Waals surface area contributed by atoms with Gasteiger partial charge < -0.3 is 15.4 Å². The van der Waals surface area contributed by atoms with Crippen LogP contribution in [-0.2, 0) is 4.74 Å². The first-order valence-electron chi connectivity index (χ1n) is 8.63. The van der Waals surface area contributed by atoms with Crippen LogP contribution in [0.15, 0.2) is 54.9 Å². The van der Waals surface area contributed by atoms with Gasteiger partial charge >= 0.3 is 5.97 Å². The van der Waals surface area contributed by atoms with Crippen LogP contribution in [0.1, 0.15) is 32.0 Å². The summed E-state index contributed by atoms with van der Waals surface area (Å²) >= 11 is 0. The number of methoxy groups -OCH3 is 1. The van der Waals surface area contributed by atoms with Gasteiger partial charge in [0.1, 0.15) is 17.8 Å². The van der Waals surface area contributed by atoms with Crippen molar-refractivity contribution in [3.63, 3.8) is 0 Å². The summed E-state index contributed by atoms with van der Waals surface area (Å²) in [6.45, 7) is 3.99. The van der Waals surface area contributed by atoms with E-state index in [1.54, 1.807) is 30.3 Å². The zero-order chi connectivity index (χ0) is 20.1. The molecule has 0 aliphatic rings. The number of nitrogens with zero attached hydrogens (tertiary/aromatic N) is 2. The third-order valence-corrected chi connectivity index (χ3v) is 4.14. The lowest BCUT2D eigenvalue weighted by Gasteiger charge is -2.11. The van der Waals surface area contributed by atoms with E-state index >= 15 is 0 Å². The molecule has 0 spiro atoms. The van der Waals surface area contributed by atoms with Crippen molar-refractivity contribution in [2.45, 2.75) is 13.8 Å². The molecule has 2 N–H and O–H groups in total. The molecule has 0 unspecified atom stereocenters. The first-order valence-corrected chi connectivity index (χ1v) is 8.63. The SMILES string of the molecule is COC(=O)c1ccccc1NC(=O)c1cc(Nc2cc(C)ccc2C)ncn1. The topological polar surface area (TPSA) is 93.2 Å². The number of carbonyl (C=O) groups is 2. The number of nitrogens with one attached hydrogen (secondary N) is 2. The summed E-state index contributed by atoms with van der Waals surface area (Å²) in [5, 5.41) is 5.90. The van der Waals surface area contributed by atoms with Crippen molar-refractivity contribution in [3.05, 3.63) is 77.2 Å². The standard InChI is InChI=1S/C21H20N4O3/c1-13-8-9-14(2)17(10-13)24-19-11-18(22-12-23-19)20(26)25-16-7-5-4-6-15(16)21(27)28-3/h4-12H,1-3H3,(H,25,26)(H,22,23,24). The zero-order valence-electron chi connectivity index (χ0n) is 15.8. The van der Waals surface area contributed by atoms with Crippen LogP contribution in [0.5, 0.6) is 0 Å². The summed E-state index contributed by atoms with van der Waals surface area (Å²) in [5.74, 6) is -0.492. The van der Waals surface area contributed by atoms with Crippen LogP contribution in [0, 0.1) is 13.8 Å². The Kier molecular flexibility index (Phi) is 5.64. The van der Waals surface area contributed by atoms with Crippen LogP contribution in [0.25, 0.3) is 0 Å². The minimum absolute atomic E-state index is 0.169. The van der Waals surface area contributed by atoms with E-state index in [4.69, 9.17) is 4.74 Å². The van der Waals surface area contributed by atoms with Crippen molar-refractivity contribution in [1.82, 2.24) is 9.97 Å². The lowest BCUT2D eigenvalue weighted by Crippen LogP contribution is -2.17. The predicted octanol–water partition coefficient (Wildman–Crippen LogP) is 3.88. The summed E-state index contributed by atoms with van der Waals surface area (Å²) in [6, 6.07) is 14.2. The lowest BCUT2D eigenvalue weighted by molar-refractivity contribution is 0.0602. The molecule has 0 atom stereocenters. The number of rotatable bonds is 5. The van der Waals surface area contributed by atoms with Gasteiger partial charge in [-0.25, -0.2) is 14.8 Å². The fraction of sp³-hybridized carbons (Fsp3) is 0.143. The average Bonchev–Trinajstić information content (AvgIpc) is 2.71. The van der Waals surface area contributed by atoms with E-state index in [2.05, 4.69) is 20.6 Å². The molecule has 0 saturated carbocycles. The molecule has 1 aromatic heterocycles. The Balaban J connectivity index is 1.82. The molecule has 7 heteroatoms. The maximum atomic E-state index is 12.6. The number of hydrogen-bond donors (Lipinski definition) is 2. The Hall–Kier alpha value is -3.74.